The first kappa shape index (κ1) is 12.3. The molecular formula is C10H21N3O2. The quantitative estimate of drug-likeness (QED) is 0.272. The van der Waals surface area contributed by atoms with E-state index in [1.165, 1.54) is 0 Å². The van der Waals surface area contributed by atoms with Crippen molar-refractivity contribution < 1.29 is 10.3 Å². The zero-order valence-electron chi connectivity index (χ0n) is 9.48. The molecule has 1 rings (SSSR count). The summed E-state index contributed by atoms with van der Waals surface area (Å²) in [5, 5.41) is 21.4. The average molecular weight is 215 g/mol. The SMILES string of the molecule is CC(CN1CCCC(C)(O)C1)C(N)=NO. The molecule has 0 saturated carbocycles. The van der Waals surface area contributed by atoms with Gasteiger partial charge < -0.3 is 16.0 Å². The lowest BCUT2D eigenvalue weighted by Crippen LogP contribution is -2.48. The molecule has 0 radical (unpaired) electrons. The summed E-state index contributed by atoms with van der Waals surface area (Å²) in [4.78, 5) is 2.16. The molecule has 1 fully saturated rings. The van der Waals surface area contributed by atoms with Crippen molar-refractivity contribution in [1.82, 2.24) is 4.90 Å². The Hall–Kier alpha value is -0.810. The van der Waals surface area contributed by atoms with Crippen molar-refractivity contribution in [3.63, 3.8) is 0 Å². The molecule has 88 valence electrons. The molecule has 5 heteroatoms. The van der Waals surface area contributed by atoms with Crippen LogP contribution in [0.4, 0.5) is 0 Å². The van der Waals surface area contributed by atoms with Crippen LogP contribution in [0.2, 0.25) is 0 Å². The molecule has 0 aromatic rings. The van der Waals surface area contributed by atoms with Gasteiger partial charge in [0.1, 0.15) is 5.84 Å². The fraction of sp³-hybridized carbons (Fsp3) is 0.900. The van der Waals surface area contributed by atoms with Crippen molar-refractivity contribution in [3.8, 4) is 0 Å². The highest BCUT2D eigenvalue weighted by atomic mass is 16.4. The third-order valence-corrected chi connectivity index (χ3v) is 2.91. The number of nitrogens with two attached hydrogens (primary N) is 1. The standard InChI is InChI=1S/C10H21N3O2/c1-8(9(11)12-15)6-13-5-3-4-10(2,14)7-13/h8,14-15H,3-7H2,1-2H3,(H2,11,12). The molecule has 0 aromatic carbocycles. The van der Waals surface area contributed by atoms with Crippen LogP contribution in [0.25, 0.3) is 0 Å². The van der Waals surface area contributed by atoms with E-state index >= 15 is 0 Å². The molecule has 0 aromatic heterocycles. The zero-order chi connectivity index (χ0) is 11.5. The summed E-state index contributed by atoms with van der Waals surface area (Å²) in [5.41, 5.74) is 4.92. The fourth-order valence-corrected chi connectivity index (χ4v) is 2.06. The fourth-order valence-electron chi connectivity index (χ4n) is 2.06. The molecule has 0 aliphatic carbocycles. The van der Waals surface area contributed by atoms with Crippen molar-refractivity contribution in [2.45, 2.75) is 32.3 Å². The monoisotopic (exact) mass is 215 g/mol. The molecule has 1 saturated heterocycles. The number of piperidine rings is 1. The summed E-state index contributed by atoms with van der Waals surface area (Å²) >= 11 is 0. The summed E-state index contributed by atoms with van der Waals surface area (Å²) in [7, 11) is 0. The maximum atomic E-state index is 9.90. The highest BCUT2D eigenvalue weighted by Crippen LogP contribution is 2.20. The van der Waals surface area contributed by atoms with Crippen LogP contribution in [-0.2, 0) is 0 Å². The minimum atomic E-state index is -0.594. The first-order valence-electron chi connectivity index (χ1n) is 5.37. The number of β-amino-alcohol motifs (C(OH)–C–C–N with tert-alkyl or cyclic N) is 1. The van der Waals surface area contributed by atoms with Crippen LogP contribution < -0.4 is 5.73 Å². The highest BCUT2D eigenvalue weighted by Gasteiger charge is 2.29. The summed E-state index contributed by atoms with van der Waals surface area (Å²) in [6.45, 7) is 6.13. The Morgan fingerprint density at radius 1 is 1.67 bits per heavy atom. The minimum absolute atomic E-state index is 0.0175. The third-order valence-electron chi connectivity index (χ3n) is 2.91. The van der Waals surface area contributed by atoms with Crippen molar-refractivity contribution in [2.24, 2.45) is 16.8 Å². The zero-order valence-corrected chi connectivity index (χ0v) is 9.48. The molecule has 0 amide bonds. The Morgan fingerprint density at radius 2 is 2.33 bits per heavy atom. The first-order chi connectivity index (χ1) is 6.94. The molecular weight excluding hydrogens is 194 g/mol. The van der Waals surface area contributed by atoms with E-state index in [0.29, 0.717) is 6.54 Å². The van der Waals surface area contributed by atoms with Crippen LogP contribution in [-0.4, -0.2) is 46.3 Å². The lowest BCUT2D eigenvalue weighted by atomic mass is 9.94. The number of aliphatic hydroxyl groups is 1. The lowest BCUT2D eigenvalue weighted by Gasteiger charge is -2.37. The Balaban J connectivity index is 2.45. The van der Waals surface area contributed by atoms with Gasteiger partial charge in [0.15, 0.2) is 0 Å². The summed E-state index contributed by atoms with van der Waals surface area (Å²) in [6, 6.07) is 0. The molecule has 2 atom stereocenters. The van der Waals surface area contributed by atoms with Crippen LogP contribution in [0.1, 0.15) is 26.7 Å². The van der Waals surface area contributed by atoms with Gasteiger partial charge in [0.2, 0.25) is 0 Å². The van der Waals surface area contributed by atoms with E-state index in [0.717, 1.165) is 25.9 Å². The van der Waals surface area contributed by atoms with Crippen LogP contribution in [0.15, 0.2) is 5.16 Å². The molecule has 1 aliphatic heterocycles. The van der Waals surface area contributed by atoms with Gasteiger partial charge in [0.05, 0.1) is 5.60 Å². The Morgan fingerprint density at radius 3 is 2.87 bits per heavy atom. The third kappa shape index (κ3) is 3.68. The summed E-state index contributed by atoms with van der Waals surface area (Å²) in [6.07, 6.45) is 1.84. The van der Waals surface area contributed by atoms with E-state index in [1.807, 2.05) is 13.8 Å². The number of amidine groups is 1. The van der Waals surface area contributed by atoms with Crippen LogP contribution in [0, 0.1) is 5.92 Å². The lowest BCUT2D eigenvalue weighted by molar-refractivity contribution is -0.0172. The largest absolute Gasteiger partial charge is 0.409 e. The number of rotatable bonds is 3. The smallest absolute Gasteiger partial charge is 0.143 e. The summed E-state index contributed by atoms with van der Waals surface area (Å²) in [5.74, 6) is 0.268. The van der Waals surface area contributed by atoms with Crippen LogP contribution in [0.3, 0.4) is 0 Å². The second-order valence-electron chi connectivity index (χ2n) is 4.76. The second-order valence-corrected chi connectivity index (χ2v) is 4.76. The van der Waals surface area contributed by atoms with Gasteiger partial charge in [-0.2, -0.15) is 0 Å². The van der Waals surface area contributed by atoms with Crippen molar-refractivity contribution in [3.05, 3.63) is 0 Å². The normalized spacial score (nSPS) is 31.5. The van der Waals surface area contributed by atoms with E-state index in [4.69, 9.17) is 10.9 Å². The van der Waals surface area contributed by atoms with Gasteiger partial charge in [-0.05, 0) is 26.3 Å². The summed E-state index contributed by atoms with van der Waals surface area (Å²) < 4.78 is 0. The van der Waals surface area contributed by atoms with Gasteiger partial charge in [-0.3, -0.25) is 4.90 Å². The Kier molecular flexibility index (Phi) is 3.93. The first-order valence-corrected chi connectivity index (χ1v) is 5.37. The van der Waals surface area contributed by atoms with Gasteiger partial charge >= 0.3 is 0 Å². The van der Waals surface area contributed by atoms with E-state index in [9.17, 15) is 5.11 Å². The van der Waals surface area contributed by atoms with Crippen molar-refractivity contribution in [2.75, 3.05) is 19.6 Å². The molecule has 4 N–H and O–H groups in total. The Labute approximate surface area is 90.6 Å². The molecule has 2 unspecified atom stereocenters. The van der Waals surface area contributed by atoms with Crippen LogP contribution >= 0.6 is 0 Å². The van der Waals surface area contributed by atoms with Gasteiger partial charge in [-0.15, -0.1) is 0 Å². The predicted octanol–water partition coefficient (Wildman–Crippen LogP) is 0.216. The molecule has 5 nitrogen and oxygen atoms in total. The van der Waals surface area contributed by atoms with Gasteiger partial charge in [0.25, 0.3) is 0 Å². The predicted molar refractivity (Wildman–Crippen MR) is 58.9 cm³/mol. The van der Waals surface area contributed by atoms with Gasteiger partial charge in [0, 0.05) is 19.0 Å². The van der Waals surface area contributed by atoms with Crippen molar-refractivity contribution >= 4 is 5.84 Å². The minimum Gasteiger partial charge on any atom is -0.409 e. The molecule has 15 heavy (non-hydrogen) atoms. The van der Waals surface area contributed by atoms with Crippen molar-refractivity contribution in [1.29, 1.82) is 0 Å². The number of oxime groups is 1. The highest BCUT2D eigenvalue weighted by molar-refractivity contribution is 5.82. The molecule has 0 bridgehead atoms. The number of hydrogen-bond acceptors (Lipinski definition) is 4. The number of likely N-dealkylation sites (tertiary alicyclic amines) is 1. The van der Waals surface area contributed by atoms with Gasteiger partial charge in [-0.25, -0.2) is 0 Å². The van der Waals surface area contributed by atoms with E-state index in [1.54, 1.807) is 0 Å². The van der Waals surface area contributed by atoms with E-state index in [2.05, 4.69) is 10.1 Å². The van der Waals surface area contributed by atoms with Crippen LogP contribution in [0.5, 0.6) is 0 Å². The topological polar surface area (TPSA) is 82.1 Å². The average Bonchev–Trinajstić information content (AvgIpc) is 2.14. The maximum Gasteiger partial charge on any atom is 0.143 e. The van der Waals surface area contributed by atoms with E-state index in [-0.39, 0.29) is 11.8 Å². The van der Waals surface area contributed by atoms with E-state index < -0.39 is 5.60 Å². The maximum absolute atomic E-state index is 9.90. The van der Waals surface area contributed by atoms with Gasteiger partial charge in [-0.1, -0.05) is 12.1 Å². The number of hydrogen-bond donors (Lipinski definition) is 3. The number of nitrogens with zero attached hydrogens (tertiary/aromatic N) is 2. The second kappa shape index (κ2) is 4.81. The Bertz CT molecular complexity index is 241. The molecule has 1 aliphatic rings. The molecule has 0 spiro atoms. The molecule has 1 heterocycles.